The first kappa shape index (κ1) is 15.7. The molecular weight excluding hydrogens is 318 g/mol. The van der Waals surface area contributed by atoms with E-state index >= 15 is 0 Å². The molecule has 2 aromatic heterocycles. The van der Waals surface area contributed by atoms with Crippen molar-refractivity contribution in [1.29, 1.82) is 0 Å². The van der Waals surface area contributed by atoms with Gasteiger partial charge in [0.1, 0.15) is 10.8 Å². The maximum Gasteiger partial charge on any atom is 0.256 e. The van der Waals surface area contributed by atoms with Crippen LogP contribution in [0.4, 0.5) is 0 Å². The molecule has 3 heterocycles. The lowest BCUT2D eigenvalue weighted by molar-refractivity contribution is 0.0600. The molecule has 0 saturated carbocycles. The van der Waals surface area contributed by atoms with Gasteiger partial charge < -0.3 is 9.64 Å². The van der Waals surface area contributed by atoms with Gasteiger partial charge in [0.05, 0.1) is 18.7 Å². The highest BCUT2D eigenvalue weighted by Crippen LogP contribution is 2.31. The molecule has 0 radical (unpaired) electrons. The van der Waals surface area contributed by atoms with Crippen molar-refractivity contribution in [3.8, 4) is 5.88 Å². The summed E-state index contributed by atoms with van der Waals surface area (Å²) in [5, 5.41) is 7.38. The van der Waals surface area contributed by atoms with E-state index < -0.39 is 0 Å². The van der Waals surface area contributed by atoms with Crippen LogP contribution < -0.4 is 4.74 Å². The third-order valence-corrected chi connectivity index (χ3v) is 4.19. The number of hydrogen-bond donors (Lipinski definition) is 1. The van der Waals surface area contributed by atoms with Crippen LogP contribution in [0, 0.1) is 6.92 Å². The Hall–Kier alpha value is -2.15. The van der Waals surface area contributed by atoms with Crippen molar-refractivity contribution in [2.24, 2.45) is 0 Å². The number of pyridine rings is 1. The van der Waals surface area contributed by atoms with Crippen LogP contribution in [0.5, 0.6) is 5.88 Å². The van der Waals surface area contributed by atoms with Crippen LogP contribution in [0.2, 0.25) is 5.02 Å². The number of likely N-dealkylation sites (tertiary alicyclic amines) is 1. The Bertz CT molecular complexity index is 718. The number of hydrogen-bond acceptors (Lipinski definition) is 5. The second-order valence-corrected chi connectivity index (χ2v) is 5.91. The van der Waals surface area contributed by atoms with Gasteiger partial charge in [-0.25, -0.2) is 9.97 Å². The highest BCUT2D eigenvalue weighted by Gasteiger charge is 2.31. The molecule has 0 aromatic carbocycles. The number of rotatable bonds is 3. The van der Waals surface area contributed by atoms with Gasteiger partial charge in [-0.05, 0) is 32.3 Å². The number of aromatic nitrogens is 4. The number of carbonyl (C=O) groups is 1. The van der Waals surface area contributed by atoms with Crippen molar-refractivity contribution in [2.75, 3.05) is 13.7 Å². The monoisotopic (exact) mass is 335 g/mol. The largest absolute Gasteiger partial charge is 0.480 e. The smallest absolute Gasteiger partial charge is 0.256 e. The fraction of sp³-hybridized carbons (Fsp3) is 0.467. The van der Waals surface area contributed by atoms with E-state index in [4.69, 9.17) is 16.3 Å². The molecule has 1 saturated heterocycles. The molecule has 0 bridgehead atoms. The fourth-order valence-corrected chi connectivity index (χ4v) is 3.05. The average Bonchev–Trinajstić information content (AvgIpc) is 3.00. The van der Waals surface area contributed by atoms with E-state index in [2.05, 4.69) is 20.2 Å². The summed E-state index contributed by atoms with van der Waals surface area (Å²) in [6.45, 7) is 2.51. The second-order valence-electron chi connectivity index (χ2n) is 5.50. The van der Waals surface area contributed by atoms with Crippen LogP contribution >= 0.6 is 11.6 Å². The maximum atomic E-state index is 12.9. The normalized spacial score (nSPS) is 18.0. The molecule has 1 atom stereocenters. The summed E-state index contributed by atoms with van der Waals surface area (Å²) in [7, 11) is 1.49. The molecule has 0 aliphatic carbocycles. The van der Waals surface area contributed by atoms with E-state index in [9.17, 15) is 4.79 Å². The van der Waals surface area contributed by atoms with Gasteiger partial charge in [-0.2, -0.15) is 5.10 Å². The third-order valence-electron chi connectivity index (χ3n) is 3.92. The summed E-state index contributed by atoms with van der Waals surface area (Å²) in [5.41, 5.74) is 0.440. The lowest BCUT2D eigenvalue weighted by atomic mass is 10.0. The van der Waals surface area contributed by atoms with Crippen molar-refractivity contribution < 1.29 is 9.53 Å². The SMILES string of the molecule is COc1ncc(C(=O)N2CCCCC2c2n[nH]c(C)n2)cc1Cl. The highest BCUT2D eigenvalue weighted by atomic mass is 35.5. The zero-order valence-electron chi connectivity index (χ0n) is 13.0. The lowest BCUT2D eigenvalue weighted by Gasteiger charge is -2.34. The van der Waals surface area contributed by atoms with Crippen LogP contribution in [0.15, 0.2) is 12.3 Å². The molecule has 122 valence electrons. The quantitative estimate of drug-likeness (QED) is 0.931. The highest BCUT2D eigenvalue weighted by molar-refractivity contribution is 6.32. The molecule has 8 heteroatoms. The maximum absolute atomic E-state index is 12.9. The van der Waals surface area contributed by atoms with Gasteiger partial charge in [0, 0.05) is 12.7 Å². The van der Waals surface area contributed by atoms with Gasteiger partial charge >= 0.3 is 0 Å². The number of piperidine rings is 1. The Morgan fingerprint density at radius 1 is 1.48 bits per heavy atom. The minimum Gasteiger partial charge on any atom is -0.480 e. The first-order valence-electron chi connectivity index (χ1n) is 7.49. The number of halogens is 1. The Kier molecular flexibility index (Phi) is 4.47. The van der Waals surface area contributed by atoms with Crippen LogP contribution in [0.25, 0.3) is 0 Å². The number of nitrogens with zero attached hydrogens (tertiary/aromatic N) is 4. The molecule has 7 nitrogen and oxygen atoms in total. The van der Waals surface area contributed by atoms with Gasteiger partial charge in [0.15, 0.2) is 5.82 Å². The van der Waals surface area contributed by atoms with Crippen molar-refractivity contribution in [3.63, 3.8) is 0 Å². The summed E-state index contributed by atoms with van der Waals surface area (Å²) < 4.78 is 5.03. The van der Waals surface area contributed by atoms with Crippen molar-refractivity contribution in [3.05, 3.63) is 34.5 Å². The number of ether oxygens (including phenoxy) is 1. The van der Waals surface area contributed by atoms with Crippen molar-refractivity contribution in [2.45, 2.75) is 32.2 Å². The van der Waals surface area contributed by atoms with Gasteiger partial charge in [-0.15, -0.1) is 0 Å². The minimum atomic E-state index is -0.123. The topological polar surface area (TPSA) is 84.0 Å². The van der Waals surface area contributed by atoms with E-state index in [1.54, 1.807) is 11.0 Å². The molecule has 1 aliphatic rings. The molecule has 0 spiro atoms. The number of H-pyrrole nitrogens is 1. The number of carbonyl (C=O) groups excluding carboxylic acids is 1. The average molecular weight is 336 g/mol. The molecule has 1 amide bonds. The molecular formula is C15H18ClN5O2. The molecule has 1 fully saturated rings. The molecule has 3 rings (SSSR count). The number of aryl methyl sites for hydroxylation is 1. The second kappa shape index (κ2) is 6.54. The van der Waals surface area contributed by atoms with Crippen molar-refractivity contribution in [1.82, 2.24) is 25.1 Å². The fourth-order valence-electron chi connectivity index (χ4n) is 2.81. The van der Waals surface area contributed by atoms with Crippen LogP contribution in [0.1, 0.15) is 47.3 Å². The van der Waals surface area contributed by atoms with Crippen molar-refractivity contribution >= 4 is 17.5 Å². The van der Waals surface area contributed by atoms with Crippen LogP contribution in [0.3, 0.4) is 0 Å². The van der Waals surface area contributed by atoms with E-state index in [0.717, 1.165) is 25.1 Å². The summed E-state index contributed by atoms with van der Waals surface area (Å²) in [5.74, 6) is 1.59. The Morgan fingerprint density at radius 3 is 2.96 bits per heavy atom. The number of nitrogens with one attached hydrogen (secondary N) is 1. The van der Waals surface area contributed by atoms with Gasteiger partial charge in [-0.3, -0.25) is 9.89 Å². The van der Waals surface area contributed by atoms with Gasteiger partial charge in [0.2, 0.25) is 5.88 Å². The molecule has 1 aliphatic heterocycles. The standard InChI is InChI=1S/C15H18ClN5O2/c1-9-18-13(20-19-9)12-5-3-4-6-21(12)15(22)10-7-11(16)14(23-2)17-8-10/h7-8,12H,3-6H2,1-2H3,(H,18,19,20). The Morgan fingerprint density at radius 2 is 2.30 bits per heavy atom. The van der Waals surface area contributed by atoms with Gasteiger partial charge in [-0.1, -0.05) is 11.6 Å². The lowest BCUT2D eigenvalue weighted by Crippen LogP contribution is -2.39. The molecule has 1 N–H and O–H groups in total. The zero-order chi connectivity index (χ0) is 16.4. The number of aromatic amines is 1. The molecule has 2 aromatic rings. The van der Waals surface area contributed by atoms with E-state index in [-0.39, 0.29) is 11.9 Å². The van der Waals surface area contributed by atoms with Crippen LogP contribution in [-0.2, 0) is 0 Å². The zero-order valence-corrected chi connectivity index (χ0v) is 13.8. The summed E-state index contributed by atoms with van der Waals surface area (Å²) in [6, 6.07) is 1.46. The van der Waals surface area contributed by atoms with Gasteiger partial charge in [0.25, 0.3) is 5.91 Å². The minimum absolute atomic E-state index is 0.116. The first-order valence-corrected chi connectivity index (χ1v) is 7.87. The first-order chi connectivity index (χ1) is 11.1. The predicted molar refractivity (Wildman–Crippen MR) is 84.5 cm³/mol. The Labute approximate surface area is 139 Å². The predicted octanol–water partition coefficient (Wildman–Crippen LogP) is 2.54. The number of amides is 1. The number of methoxy groups -OCH3 is 1. The third kappa shape index (κ3) is 3.14. The molecule has 1 unspecified atom stereocenters. The van der Waals surface area contributed by atoms with E-state index in [1.807, 2.05) is 6.92 Å². The van der Waals surface area contributed by atoms with Crippen LogP contribution in [-0.4, -0.2) is 44.6 Å². The summed E-state index contributed by atoms with van der Waals surface area (Å²) >= 11 is 6.08. The Balaban J connectivity index is 1.88. The van der Waals surface area contributed by atoms with E-state index in [0.29, 0.717) is 28.8 Å². The van der Waals surface area contributed by atoms with E-state index in [1.165, 1.54) is 13.3 Å². The molecule has 23 heavy (non-hydrogen) atoms. The summed E-state index contributed by atoms with van der Waals surface area (Å²) in [6.07, 6.45) is 4.34. The summed E-state index contributed by atoms with van der Waals surface area (Å²) in [4.78, 5) is 23.1.